The zero-order valence-corrected chi connectivity index (χ0v) is 13.8. The first-order chi connectivity index (χ1) is 10.5. The van der Waals surface area contributed by atoms with Gasteiger partial charge in [0.2, 0.25) is 10.0 Å². The molecule has 1 aromatic carbocycles. The summed E-state index contributed by atoms with van der Waals surface area (Å²) >= 11 is 5.82. The lowest BCUT2D eigenvalue weighted by Crippen LogP contribution is -2.16. The quantitative estimate of drug-likeness (QED) is 0.799. The number of pyridine rings is 1. The molecule has 0 saturated heterocycles. The molecular formula is C15H18ClN3O2S. The van der Waals surface area contributed by atoms with Crippen molar-refractivity contribution in [1.29, 1.82) is 0 Å². The number of hydrogen-bond acceptors (Lipinski definition) is 4. The molecule has 0 aliphatic rings. The molecule has 5 nitrogen and oxygen atoms in total. The molecule has 118 valence electrons. The highest BCUT2D eigenvalue weighted by atomic mass is 35.5. The summed E-state index contributed by atoms with van der Waals surface area (Å²) in [6.45, 7) is 1.95. The molecule has 0 bridgehead atoms. The maximum atomic E-state index is 11.8. The van der Waals surface area contributed by atoms with Crippen LogP contribution in [0.5, 0.6) is 0 Å². The Morgan fingerprint density at radius 3 is 2.36 bits per heavy atom. The summed E-state index contributed by atoms with van der Waals surface area (Å²) in [5.41, 5.74) is 1.31. The third-order valence-corrected chi connectivity index (χ3v) is 4.54. The van der Waals surface area contributed by atoms with Gasteiger partial charge in [0, 0.05) is 10.7 Å². The minimum absolute atomic E-state index is 0.119. The monoisotopic (exact) mass is 339 g/mol. The van der Waals surface area contributed by atoms with Gasteiger partial charge in [0.15, 0.2) is 0 Å². The van der Waals surface area contributed by atoms with Crippen LogP contribution in [-0.2, 0) is 10.0 Å². The van der Waals surface area contributed by atoms with Gasteiger partial charge in [-0.15, -0.1) is 0 Å². The van der Waals surface area contributed by atoms with E-state index in [0.29, 0.717) is 22.9 Å². The highest BCUT2D eigenvalue weighted by molar-refractivity contribution is 7.92. The third-order valence-electron chi connectivity index (χ3n) is 2.92. The van der Waals surface area contributed by atoms with Crippen LogP contribution in [0.15, 0.2) is 42.6 Å². The third kappa shape index (κ3) is 5.20. The average Bonchev–Trinajstić information content (AvgIpc) is 2.49. The van der Waals surface area contributed by atoms with Gasteiger partial charge in [-0.1, -0.05) is 24.9 Å². The lowest BCUT2D eigenvalue weighted by atomic mass is 10.3. The summed E-state index contributed by atoms with van der Waals surface area (Å²) in [5.74, 6) is 0.743. The Balaban J connectivity index is 1.99. The van der Waals surface area contributed by atoms with Crippen LogP contribution in [0.25, 0.3) is 0 Å². The summed E-state index contributed by atoms with van der Waals surface area (Å²) in [7, 11) is -3.30. The second-order valence-corrected chi connectivity index (χ2v) is 7.12. The first-order valence-electron chi connectivity index (χ1n) is 6.97. The number of unbranched alkanes of at least 4 members (excludes halogenated alkanes) is 1. The highest BCUT2D eigenvalue weighted by Crippen LogP contribution is 2.19. The zero-order chi connectivity index (χ0) is 16.0. The van der Waals surface area contributed by atoms with Crippen LogP contribution in [0.2, 0.25) is 5.02 Å². The van der Waals surface area contributed by atoms with E-state index in [0.717, 1.165) is 12.1 Å². The van der Waals surface area contributed by atoms with Crippen LogP contribution < -0.4 is 10.0 Å². The second kappa shape index (κ2) is 7.47. The van der Waals surface area contributed by atoms with Crippen molar-refractivity contribution in [3.63, 3.8) is 0 Å². The molecule has 0 aliphatic carbocycles. The Labute approximate surface area is 135 Å². The van der Waals surface area contributed by atoms with Gasteiger partial charge in [0.05, 0.1) is 17.6 Å². The van der Waals surface area contributed by atoms with Crippen LogP contribution in [0.4, 0.5) is 17.2 Å². The van der Waals surface area contributed by atoms with Crippen molar-refractivity contribution in [2.75, 3.05) is 15.8 Å². The van der Waals surface area contributed by atoms with Gasteiger partial charge in [-0.2, -0.15) is 0 Å². The van der Waals surface area contributed by atoms with Crippen molar-refractivity contribution in [3.8, 4) is 0 Å². The van der Waals surface area contributed by atoms with Crippen molar-refractivity contribution < 1.29 is 8.42 Å². The van der Waals surface area contributed by atoms with Crippen molar-refractivity contribution in [1.82, 2.24) is 4.98 Å². The molecule has 2 N–H and O–H groups in total. The molecule has 1 aromatic heterocycles. The second-order valence-electron chi connectivity index (χ2n) is 4.84. The lowest BCUT2D eigenvalue weighted by Gasteiger charge is -2.09. The van der Waals surface area contributed by atoms with Gasteiger partial charge >= 0.3 is 0 Å². The van der Waals surface area contributed by atoms with Crippen LogP contribution in [0.1, 0.15) is 19.8 Å². The van der Waals surface area contributed by atoms with E-state index < -0.39 is 10.0 Å². The molecule has 0 aliphatic heterocycles. The summed E-state index contributed by atoms with van der Waals surface area (Å²) in [6.07, 6.45) is 2.96. The SMILES string of the molecule is CCCCS(=O)(=O)Nc1ccc(Nc2ccc(Cl)cc2)nc1. The predicted molar refractivity (Wildman–Crippen MR) is 91.3 cm³/mol. The van der Waals surface area contributed by atoms with Crippen LogP contribution >= 0.6 is 11.6 Å². The van der Waals surface area contributed by atoms with E-state index in [9.17, 15) is 8.42 Å². The Bertz CT molecular complexity index is 701. The van der Waals surface area contributed by atoms with E-state index in [2.05, 4.69) is 15.0 Å². The highest BCUT2D eigenvalue weighted by Gasteiger charge is 2.09. The molecule has 0 radical (unpaired) electrons. The minimum Gasteiger partial charge on any atom is -0.340 e. The number of hydrogen-bond donors (Lipinski definition) is 2. The van der Waals surface area contributed by atoms with Crippen molar-refractivity contribution in [2.45, 2.75) is 19.8 Å². The number of sulfonamides is 1. The molecule has 2 rings (SSSR count). The molecule has 0 amide bonds. The van der Waals surface area contributed by atoms with Gasteiger partial charge in [0.25, 0.3) is 0 Å². The standard InChI is InChI=1S/C15H18ClN3O2S/c1-2-3-10-22(20,21)19-14-8-9-15(17-11-14)18-13-6-4-12(16)5-7-13/h4-9,11,19H,2-3,10H2,1H3,(H,17,18). The molecule has 7 heteroatoms. The number of benzene rings is 1. The molecule has 0 saturated carbocycles. The summed E-state index contributed by atoms with van der Waals surface area (Å²) in [5, 5.41) is 3.77. The topological polar surface area (TPSA) is 71.1 Å². The number of halogens is 1. The largest absolute Gasteiger partial charge is 0.340 e. The van der Waals surface area contributed by atoms with Crippen molar-refractivity contribution >= 4 is 38.8 Å². The molecule has 0 fully saturated rings. The molecule has 1 heterocycles. The first-order valence-corrected chi connectivity index (χ1v) is 9.00. The van der Waals surface area contributed by atoms with Crippen LogP contribution in [0, 0.1) is 0 Å². The number of nitrogens with one attached hydrogen (secondary N) is 2. The Hall–Kier alpha value is -1.79. The van der Waals surface area contributed by atoms with E-state index in [1.54, 1.807) is 24.3 Å². The van der Waals surface area contributed by atoms with Gasteiger partial charge in [0.1, 0.15) is 5.82 Å². The van der Waals surface area contributed by atoms with Crippen molar-refractivity contribution in [2.24, 2.45) is 0 Å². The maximum Gasteiger partial charge on any atom is 0.232 e. The molecule has 0 atom stereocenters. The minimum atomic E-state index is -3.30. The molecule has 0 unspecified atom stereocenters. The van der Waals surface area contributed by atoms with Crippen LogP contribution in [0.3, 0.4) is 0 Å². The predicted octanol–water partition coefficient (Wildman–Crippen LogP) is 4.02. The summed E-state index contributed by atoms with van der Waals surface area (Å²) in [4.78, 5) is 4.19. The Morgan fingerprint density at radius 2 is 1.77 bits per heavy atom. The molecule has 0 spiro atoms. The van der Waals surface area contributed by atoms with E-state index in [1.165, 1.54) is 6.20 Å². The normalized spacial score (nSPS) is 11.2. The summed E-state index contributed by atoms with van der Waals surface area (Å²) in [6, 6.07) is 10.6. The zero-order valence-electron chi connectivity index (χ0n) is 12.2. The fourth-order valence-electron chi connectivity index (χ4n) is 1.77. The average molecular weight is 340 g/mol. The summed E-state index contributed by atoms with van der Waals surface area (Å²) < 4.78 is 26.1. The van der Waals surface area contributed by atoms with Gasteiger partial charge in [-0.05, 0) is 42.8 Å². The molecular weight excluding hydrogens is 322 g/mol. The lowest BCUT2D eigenvalue weighted by molar-refractivity contribution is 0.598. The number of nitrogens with zero attached hydrogens (tertiary/aromatic N) is 1. The van der Waals surface area contributed by atoms with Gasteiger partial charge in [-0.25, -0.2) is 13.4 Å². The first kappa shape index (κ1) is 16.6. The maximum absolute atomic E-state index is 11.8. The number of rotatable bonds is 7. The van der Waals surface area contributed by atoms with Gasteiger partial charge < -0.3 is 5.32 Å². The van der Waals surface area contributed by atoms with E-state index in [4.69, 9.17) is 11.6 Å². The fourth-order valence-corrected chi connectivity index (χ4v) is 3.15. The van der Waals surface area contributed by atoms with Crippen LogP contribution in [-0.4, -0.2) is 19.2 Å². The van der Waals surface area contributed by atoms with E-state index in [1.807, 2.05) is 19.1 Å². The molecule has 22 heavy (non-hydrogen) atoms. The van der Waals surface area contributed by atoms with Gasteiger partial charge in [-0.3, -0.25) is 4.72 Å². The Morgan fingerprint density at radius 1 is 1.09 bits per heavy atom. The number of anilines is 3. The van der Waals surface area contributed by atoms with E-state index in [-0.39, 0.29) is 5.75 Å². The van der Waals surface area contributed by atoms with Crippen molar-refractivity contribution in [3.05, 3.63) is 47.6 Å². The smallest absolute Gasteiger partial charge is 0.232 e. The Kier molecular flexibility index (Phi) is 5.63. The fraction of sp³-hybridized carbons (Fsp3) is 0.267. The number of aromatic nitrogens is 1. The molecule has 2 aromatic rings. The van der Waals surface area contributed by atoms with E-state index >= 15 is 0 Å².